The first-order valence-electron chi connectivity index (χ1n) is 5.67. The van der Waals surface area contributed by atoms with Gasteiger partial charge in [-0.1, -0.05) is 0 Å². The summed E-state index contributed by atoms with van der Waals surface area (Å²) in [6.07, 6.45) is -4.44. The lowest BCUT2D eigenvalue weighted by Crippen LogP contribution is -2.47. The molecule has 0 radical (unpaired) electrons. The van der Waals surface area contributed by atoms with Crippen LogP contribution in [-0.2, 0) is 19.3 Å². The van der Waals surface area contributed by atoms with E-state index >= 15 is 0 Å². The van der Waals surface area contributed by atoms with E-state index in [4.69, 9.17) is 5.73 Å². The Balaban J connectivity index is 2.15. The zero-order valence-corrected chi connectivity index (χ0v) is 10.3. The molecular weight excluding hydrogens is 247 g/mol. The minimum absolute atomic E-state index is 0.243. The molecule has 2 heterocycles. The summed E-state index contributed by atoms with van der Waals surface area (Å²) < 4.78 is 39.0. The van der Waals surface area contributed by atoms with Crippen molar-refractivity contribution in [3.05, 3.63) is 11.6 Å². The van der Waals surface area contributed by atoms with Gasteiger partial charge in [-0.15, -0.1) is 10.2 Å². The van der Waals surface area contributed by atoms with Gasteiger partial charge < -0.3 is 10.3 Å². The quantitative estimate of drug-likeness (QED) is 0.859. The molecule has 1 aromatic rings. The number of fused-ring (bicyclic) bond motifs is 1. The van der Waals surface area contributed by atoms with Crippen molar-refractivity contribution < 1.29 is 13.2 Å². The summed E-state index contributed by atoms with van der Waals surface area (Å²) in [4.78, 5) is 1.99. The summed E-state index contributed by atoms with van der Waals surface area (Å²) in [6.45, 7) is 5.49. The average Bonchev–Trinajstić information content (AvgIpc) is 2.56. The Morgan fingerprint density at radius 1 is 1.22 bits per heavy atom. The normalized spacial score (nSPS) is 17.9. The Kier molecular flexibility index (Phi) is 3.10. The molecule has 0 unspecified atom stereocenters. The molecule has 5 nitrogen and oxygen atoms in total. The van der Waals surface area contributed by atoms with Crippen LogP contribution in [0.15, 0.2) is 0 Å². The molecule has 1 aliphatic heterocycles. The molecule has 2 N–H and O–H groups in total. The van der Waals surface area contributed by atoms with Crippen LogP contribution in [0.2, 0.25) is 0 Å². The van der Waals surface area contributed by atoms with Crippen LogP contribution >= 0.6 is 0 Å². The van der Waals surface area contributed by atoms with Gasteiger partial charge in [-0.2, -0.15) is 13.2 Å². The minimum Gasteiger partial charge on any atom is -0.324 e. The Bertz CT molecular complexity index is 432. The first kappa shape index (κ1) is 13.3. The van der Waals surface area contributed by atoms with Crippen molar-refractivity contribution in [3.8, 4) is 0 Å². The molecule has 8 heteroatoms. The molecule has 1 aromatic heterocycles. The van der Waals surface area contributed by atoms with Gasteiger partial charge in [0.15, 0.2) is 0 Å². The summed E-state index contributed by atoms with van der Waals surface area (Å²) in [7, 11) is 0. The summed E-state index contributed by atoms with van der Waals surface area (Å²) in [5.41, 5.74) is 5.52. The van der Waals surface area contributed by atoms with Crippen molar-refractivity contribution in [1.29, 1.82) is 0 Å². The molecule has 1 aliphatic rings. The van der Waals surface area contributed by atoms with E-state index in [0.717, 1.165) is 4.57 Å². The molecule has 0 aliphatic carbocycles. The number of nitrogens with two attached hydrogens (primary N) is 1. The van der Waals surface area contributed by atoms with Crippen molar-refractivity contribution in [3.63, 3.8) is 0 Å². The lowest BCUT2D eigenvalue weighted by atomic mass is 10.1. The van der Waals surface area contributed by atoms with E-state index in [0.29, 0.717) is 25.5 Å². The number of rotatable bonds is 2. The van der Waals surface area contributed by atoms with E-state index in [1.54, 1.807) is 0 Å². The summed E-state index contributed by atoms with van der Waals surface area (Å²) in [5, 5.41) is 6.84. The third-order valence-corrected chi connectivity index (χ3v) is 2.72. The lowest BCUT2D eigenvalue weighted by Gasteiger charge is -2.32. The summed E-state index contributed by atoms with van der Waals surface area (Å²) >= 11 is 0. The molecule has 0 aromatic carbocycles. The predicted octanol–water partition coefficient (Wildman–Crippen LogP) is 0.850. The molecule has 18 heavy (non-hydrogen) atoms. The maximum absolute atomic E-state index is 12.6. The Labute approximate surface area is 103 Å². The average molecular weight is 263 g/mol. The van der Waals surface area contributed by atoms with E-state index < -0.39 is 12.0 Å². The largest absolute Gasteiger partial charge is 0.451 e. The van der Waals surface area contributed by atoms with Gasteiger partial charge in [-0.05, 0) is 13.8 Å². The molecule has 0 amide bonds. The van der Waals surface area contributed by atoms with Crippen molar-refractivity contribution in [2.45, 2.75) is 38.7 Å². The second-order valence-corrected chi connectivity index (χ2v) is 5.29. The zero-order chi connectivity index (χ0) is 13.6. The molecule has 0 spiro atoms. The maximum atomic E-state index is 12.6. The zero-order valence-electron chi connectivity index (χ0n) is 10.3. The fourth-order valence-corrected chi connectivity index (χ4v) is 2.13. The molecular formula is C10H16F3N5. The molecule has 0 saturated carbocycles. The van der Waals surface area contributed by atoms with E-state index in [1.165, 1.54) is 0 Å². The van der Waals surface area contributed by atoms with Gasteiger partial charge in [-0.3, -0.25) is 4.90 Å². The van der Waals surface area contributed by atoms with Crippen LogP contribution in [0.1, 0.15) is 25.5 Å². The summed E-state index contributed by atoms with van der Waals surface area (Å²) in [5.74, 6) is -0.568. The van der Waals surface area contributed by atoms with Crippen molar-refractivity contribution in [2.24, 2.45) is 5.73 Å². The van der Waals surface area contributed by atoms with E-state index in [-0.39, 0.29) is 12.1 Å². The highest BCUT2D eigenvalue weighted by molar-refractivity contribution is 5.02. The van der Waals surface area contributed by atoms with Gasteiger partial charge >= 0.3 is 6.18 Å². The third kappa shape index (κ3) is 2.81. The molecule has 102 valence electrons. The van der Waals surface area contributed by atoms with Gasteiger partial charge in [0.2, 0.25) is 5.82 Å². The van der Waals surface area contributed by atoms with E-state index in [2.05, 4.69) is 10.2 Å². The molecule has 0 saturated heterocycles. The third-order valence-electron chi connectivity index (χ3n) is 2.72. The van der Waals surface area contributed by atoms with Gasteiger partial charge in [-0.25, -0.2) is 0 Å². The van der Waals surface area contributed by atoms with Crippen LogP contribution in [0.4, 0.5) is 13.2 Å². The first-order chi connectivity index (χ1) is 8.17. The highest BCUT2D eigenvalue weighted by atomic mass is 19.4. The first-order valence-corrected chi connectivity index (χ1v) is 5.67. The van der Waals surface area contributed by atoms with Crippen LogP contribution in [0.3, 0.4) is 0 Å². The number of hydrogen-bond acceptors (Lipinski definition) is 4. The highest BCUT2D eigenvalue weighted by Crippen LogP contribution is 2.29. The predicted molar refractivity (Wildman–Crippen MR) is 58.6 cm³/mol. The number of aromatic nitrogens is 3. The minimum atomic E-state index is -4.44. The van der Waals surface area contributed by atoms with E-state index in [9.17, 15) is 13.2 Å². The van der Waals surface area contributed by atoms with Crippen LogP contribution < -0.4 is 5.73 Å². The molecule has 0 fully saturated rings. The van der Waals surface area contributed by atoms with Gasteiger partial charge in [0.1, 0.15) is 5.82 Å². The van der Waals surface area contributed by atoms with Crippen LogP contribution in [0.25, 0.3) is 0 Å². The molecule has 2 rings (SSSR count). The Hall–Kier alpha value is -1.15. The van der Waals surface area contributed by atoms with Crippen LogP contribution in [-0.4, -0.2) is 38.3 Å². The smallest absolute Gasteiger partial charge is 0.324 e. The second kappa shape index (κ2) is 4.20. The monoisotopic (exact) mass is 263 g/mol. The molecule has 0 bridgehead atoms. The topological polar surface area (TPSA) is 60.0 Å². The van der Waals surface area contributed by atoms with Crippen LogP contribution in [0, 0.1) is 0 Å². The second-order valence-electron chi connectivity index (χ2n) is 5.29. The van der Waals surface area contributed by atoms with Crippen LogP contribution in [0.5, 0.6) is 0 Å². The number of nitrogens with zero attached hydrogens (tertiary/aromatic N) is 4. The Morgan fingerprint density at radius 2 is 1.89 bits per heavy atom. The number of hydrogen-bond donors (Lipinski definition) is 1. The molecule has 0 atom stereocenters. The SMILES string of the molecule is CC(C)(N)CN1CCn2c(nnc2C(F)(F)F)C1. The number of halogens is 3. The van der Waals surface area contributed by atoms with Crippen molar-refractivity contribution >= 4 is 0 Å². The fourth-order valence-electron chi connectivity index (χ4n) is 2.13. The van der Waals surface area contributed by atoms with Gasteiger partial charge in [0.05, 0.1) is 6.54 Å². The lowest BCUT2D eigenvalue weighted by molar-refractivity contribution is -0.148. The van der Waals surface area contributed by atoms with Gasteiger partial charge in [0.25, 0.3) is 0 Å². The highest BCUT2D eigenvalue weighted by Gasteiger charge is 2.39. The Morgan fingerprint density at radius 3 is 2.44 bits per heavy atom. The number of alkyl halides is 3. The van der Waals surface area contributed by atoms with Crippen molar-refractivity contribution in [1.82, 2.24) is 19.7 Å². The van der Waals surface area contributed by atoms with Crippen molar-refractivity contribution in [2.75, 3.05) is 13.1 Å². The summed E-state index contributed by atoms with van der Waals surface area (Å²) in [6, 6.07) is 0. The van der Waals surface area contributed by atoms with Gasteiger partial charge in [0, 0.05) is 25.2 Å². The standard InChI is InChI=1S/C10H16F3N5/c1-9(2,14)6-17-3-4-18-7(5-17)15-16-8(18)10(11,12)13/h3-6,14H2,1-2H3. The van der Waals surface area contributed by atoms with E-state index in [1.807, 2.05) is 18.7 Å². The maximum Gasteiger partial charge on any atom is 0.451 e. The fraction of sp³-hybridized carbons (Fsp3) is 0.800.